The van der Waals surface area contributed by atoms with Crippen molar-refractivity contribution >= 4 is 17.2 Å². The Morgan fingerprint density at radius 1 is 1.38 bits per heavy atom. The second-order valence-corrected chi connectivity index (χ2v) is 5.58. The molecule has 1 aliphatic heterocycles. The van der Waals surface area contributed by atoms with E-state index in [1.54, 1.807) is 24.5 Å². The molecule has 0 saturated carbocycles. The van der Waals surface area contributed by atoms with Crippen LogP contribution >= 0.6 is 11.6 Å². The van der Waals surface area contributed by atoms with Gasteiger partial charge in [0.25, 0.3) is 0 Å². The fourth-order valence-electron chi connectivity index (χ4n) is 2.50. The molecule has 0 aliphatic carbocycles. The van der Waals surface area contributed by atoms with Crippen LogP contribution in [-0.4, -0.2) is 32.8 Å². The number of benzene rings is 1. The molecule has 110 valence electrons. The molecule has 3 rings (SSSR count). The van der Waals surface area contributed by atoms with E-state index in [1.807, 2.05) is 11.6 Å². The van der Waals surface area contributed by atoms with Gasteiger partial charge in [-0.3, -0.25) is 4.90 Å². The molecule has 0 unspecified atom stereocenters. The average molecular weight is 307 g/mol. The van der Waals surface area contributed by atoms with Gasteiger partial charge in [0.1, 0.15) is 18.0 Å². The molecule has 1 aliphatic rings. The van der Waals surface area contributed by atoms with Crippen LogP contribution in [0.1, 0.15) is 17.8 Å². The summed E-state index contributed by atoms with van der Waals surface area (Å²) in [5, 5.41) is 8.14. The van der Waals surface area contributed by atoms with E-state index in [0.717, 1.165) is 37.5 Å². The SMILES string of the molecule is Cn1cnnc1CN1CC=C(c2cccc(Cl)c2F)CC1. The maximum absolute atomic E-state index is 14.0. The number of nitrogens with zero attached hydrogens (tertiary/aromatic N) is 4. The van der Waals surface area contributed by atoms with Crippen molar-refractivity contribution in [2.75, 3.05) is 13.1 Å². The van der Waals surface area contributed by atoms with Gasteiger partial charge in [-0.15, -0.1) is 10.2 Å². The van der Waals surface area contributed by atoms with Crippen LogP contribution < -0.4 is 0 Å². The van der Waals surface area contributed by atoms with Gasteiger partial charge < -0.3 is 4.57 Å². The highest BCUT2D eigenvalue weighted by Crippen LogP contribution is 2.28. The summed E-state index contributed by atoms with van der Waals surface area (Å²) in [7, 11) is 1.93. The van der Waals surface area contributed by atoms with E-state index in [9.17, 15) is 4.39 Å². The molecule has 1 aromatic heterocycles. The monoisotopic (exact) mass is 306 g/mol. The molecule has 2 aromatic rings. The summed E-state index contributed by atoms with van der Waals surface area (Å²) in [5.41, 5.74) is 1.63. The second kappa shape index (κ2) is 5.95. The van der Waals surface area contributed by atoms with Crippen LogP contribution in [0.15, 0.2) is 30.6 Å². The zero-order valence-electron chi connectivity index (χ0n) is 11.8. The van der Waals surface area contributed by atoms with E-state index >= 15 is 0 Å². The minimum Gasteiger partial charge on any atom is -0.320 e. The molecule has 0 amide bonds. The fraction of sp³-hybridized carbons (Fsp3) is 0.333. The molecule has 1 aromatic carbocycles. The van der Waals surface area contributed by atoms with Gasteiger partial charge in [0.2, 0.25) is 0 Å². The molecule has 6 heteroatoms. The Balaban J connectivity index is 1.72. The smallest absolute Gasteiger partial charge is 0.149 e. The van der Waals surface area contributed by atoms with E-state index in [0.29, 0.717) is 5.56 Å². The molecule has 21 heavy (non-hydrogen) atoms. The Labute approximate surface area is 127 Å². The summed E-state index contributed by atoms with van der Waals surface area (Å²) >= 11 is 5.84. The number of rotatable bonds is 3. The van der Waals surface area contributed by atoms with Gasteiger partial charge in [0, 0.05) is 25.7 Å². The van der Waals surface area contributed by atoms with E-state index in [-0.39, 0.29) is 10.8 Å². The maximum Gasteiger partial charge on any atom is 0.149 e. The maximum atomic E-state index is 14.0. The largest absolute Gasteiger partial charge is 0.320 e. The molecule has 4 nitrogen and oxygen atoms in total. The highest BCUT2D eigenvalue weighted by atomic mass is 35.5. The summed E-state index contributed by atoms with van der Waals surface area (Å²) in [6.45, 7) is 2.39. The first kappa shape index (κ1) is 14.2. The van der Waals surface area contributed by atoms with Crippen molar-refractivity contribution in [2.45, 2.75) is 13.0 Å². The van der Waals surface area contributed by atoms with Crippen LogP contribution in [0, 0.1) is 5.82 Å². The van der Waals surface area contributed by atoms with Crippen LogP contribution in [0.2, 0.25) is 5.02 Å². The standard InChI is InChI=1S/C15H16ClFN4/c1-20-10-18-19-14(20)9-21-7-5-11(6-8-21)12-3-2-4-13(16)15(12)17/h2-5,10H,6-9H2,1H3. The van der Waals surface area contributed by atoms with Gasteiger partial charge in [0.05, 0.1) is 11.6 Å². The minimum absolute atomic E-state index is 0.176. The van der Waals surface area contributed by atoms with Gasteiger partial charge >= 0.3 is 0 Å². The average Bonchev–Trinajstić information content (AvgIpc) is 2.88. The van der Waals surface area contributed by atoms with Crippen molar-refractivity contribution in [1.29, 1.82) is 0 Å². The topological polar surface area (TPSA) is 34.0 Å². The molecular formula is C15H16ClFN4. The predicted octanol–water partition coefficient (Wildman–Crippen LogP) is 2.90. The van der Waals surface area contributed by atoms with Crippen molar-refractivity contribution in [3.05, 3.63) is 52.8 Å². The van der Waals surface area contributed by atoms with E-state index < -0.39 is 0 Å². The summed E-state index contributed by atoms with van der Waals surface area (Å²) < 4.78 is 15.9. The third kappa shape index (κ3) is 2.99. The van der Waals surface area contributed by atoms with Gasteiger partial charge in [-0.1, -0.05) is 29.8 Å². The summed E-state index contributed by atoms with van der Waals surface area (Å²) in [5.74, 6) is 0.605. The van der Waals surface area contributed by atoms with Gasteiger partial charge in [-0.2, -0.15) is 0 Å². The van der Waals surface area contributed by atoms with Crippen molar-refractivity contribution in [3.8, 4) is 0 Å². The Kier molecular flexibility index (Phi) is 4.03. The van der Waals surface area contributed by atoms with Crippen LogP contribution in [0.3, 0.4) is 0 Å². The highest BCUT2D eigenvalue weighted by Gasteiger charge is 2.17. The normalized spacial score (nSPS) is 16.0. The minimum atomic E-state index is -0.327. The van der Waals surface area contributed by atoms with Crippen LogP contribution in [0.25, 0.3) is 5.57 Å². The third-order valence-corrected chi connectivity index (χ3v) is 4.05. The van der Waals surface area contributed by atoms with E-state index in [4.69, 9.17) is 11.6 Å². The molecule has 0 saturated heterocycles. The lowest BCUT2D eigenvalue weighted by atomic mass is 9.99. The first-order chi connectivity index (χ1) is 10.1. The first-order valence-electron chi connectivity index (χ1n) is 6.84. The lowest BCUT2D eigenvalue weighted by Gasteiger charge is -2.26. The van der Waals surface area contributed by atoms with Gasteiger partial charge in [0.15, 0.2) is 0 Å². The number of halogens is 2. The molecular weight excluding hydrogens is 291 g/mol. The molecule has 0 spiro atoms. The lowest BCUT2D eigenvalue weighted by Crippen LogP contribution is -2.29. The number of hydrogen-bond acceptors (Lipinski definition) is 3. The lowest BCUT2D eigenvalue weighted by molar-refractivity contribution is 0.283. The Hall–Kier alpha value is -1.72. The van der Waals surface area contributed by atoms with Crippen LogP contribution in [-0.2, 0) is 13.6 Å². The highest BCUT2D eigenvalue weighted by molar-refractivity contribution is 6.30. The molecule has 0 N–H and O–H groups in total. The third-order valence-electron chi connectivity index (χ3n) is 3.76. The molecule has 0 fully saturated rings. The number of aromatic nitrogens is 3. The molecule has 0 bridgehead atoms. The zero-order chi connectivity index (χ0) is 14.8. The Morgan fingerprint density at radius 2 is 2.24 bits per heavy atom. The molecule has 2 heterocycles. The van der Waals surface area contributed by atoms with E-state index in [1.165, 1.54) is 0 Å². The summed E-state index contributed by atoms with van der Waals surface area (Å²) in [6.07, 6.45) is 4.56. The van der Waals surface area contributed by atoms with Gasteiger partial charge in [-0.05, 0) is 18.1 Å². The van der Waals surface area contributed by atoms with Crippen LogP contribution in [0.4, 0.5) is 4.39 Å². The first-order valence-corrected chi connectivity index (χ1v) is 7.21. The number of aryl methyl sites for hydroxylation is 1. The second-order valence-electron chi connectivity index (χ2n) is 5.17. The van der Waals surface area contributed by atoms with Crippen molar-refractivity contribution < 1.29 is 4.39 Å². The fourth-order valence-corrected chi connectivity index (χ4v) is 2.68. The summed E-state index contributed by atoms with van der Waals surface area (Å²) in [4.78, 5) is 2.26. The van der Waals surface area contributed by atoms with Crippen molar-refractivity contribution in [2.24, 2.45) is 7.05 Å². The Morgan fingerprint density at radius 3 is 2.90 bits per heavy atom. The quantitative estimate of drug-likeness (QED) is 0.874. The van der Waals surface area contributed by atoms with Gasteiger partial charge in [-0.25, -0.2) is 4.39 Å². The van der Waals surface area contributed by atoms with Crippen LogP contribution in [0.5, 0.6) is 0 Å². The molecule has 0 radical (unpaired) electrons. The predicted molar refractivity (Wildman–Crippen MR) is 80.3 cm³/mol. The number of hydrogen-bond donors (Lipinski definition) is 0. The zero-order valence-corrected chi connectivity index (χ0v) is 12.5. The molecule has 0 atom stereocenters. The van der Waals surface area contributed by atoms with E-state index in [2.05, 4.69) is 21.2 Å². The van der Waals surface area contributed by atoms with Crippen molar-refractivity contribution in [1.82, 2.24) is 19.7 Å². The van der Waals surface area contributed by atoms with Crippen molar-refractivity contribution in [3.63, 3.8) is 0 Å². The Bertz CT molecular complexity index is 680. The summed E-state index contributed by atoms with van der Waals surface area (Å²) in [6, 6.07) is 5.14.